The lowest BCUT2D eigenvalue weighted by atomic mass is 10.1. The molecule has 1 aliphatic heterocycles. The molecule has 27 heavy (non-hydrogen) atoms. The normalized spacial score (nSPS) is 13.9. The van der Waals surface area contributed by atoms with Gasteiger partial charge in [-0.2, -0.15) is 0 Å². The Hall–Kier alpha value is -2.53. The molecule has 5 nitrogen and oxygen atoms in total. The summed E-state index contributed by atoms with van der Waals surface area (Å²) in [5.41, 5.74) is 2.54. The molecule has 1 fully saturated rings. The molecule has 3 rings (SSSR count). The molecular formula is C21H24ClN3O2. The summed E-state index contributed by atoms with van der Waals surface area (Å²) in [5.74, 6) is -0.446. The highest BCUT2D eigenvalue weighted by Gasteiger charge is 2.16. The van der Waals surface area contributed by atoms with Crippen molar-refractivity contribution >= 4 is 40.5 Å². The smallest absolute Gasteiger partial charge is 0.244 e. The summed E-state index contributed by atoms with van der Waals surface area (Å²) in [4.78, 5) is 28.1. The van der Waals surface area contributed by atoms with E-state index in [9.17, 15) is 9.59 Å². The number of hydrogen-bond donors (Lipinski definition) is 1. The minimum absolute atomic E-state index is 0.0508. The monoisotopic (exact) mass is 385 g/mol. The molecule has 142 valence electrons. The molecule has 1 aliphatic rings. The van der Waals surface area contributed by atoms with Crippen LogP contribution in [0.1, 0.15) is 26.2 Å². The fraction of sp³-hybridized carbons (Fsp3) is 0.333. The van der Waals surface area contributed by atoms with E-state index in [1.165, 1.54) is 36.8 Å². The second-order valence-electron chi connectivity index (χ2n) is 6.72. The summed E-state index contributed by atoms with van der Waals surface area (Å²) in [6.07, 6.45) is 3.75. The molecule has 0 saturated carbocycles. The van der Waals surface area contributed by atoms with Gasteiger partial charge in [-0.25, -0.2) is 0 Å². The van der Waals surface area contributed by atoms with Crippen molar-refractivity contribution in [1.82, 2.24) is 0 Å². The molecule has 6 heteroatoms. The number of anilines is 3. The average Bonchev–Trinajstić information content (AvgIpc) is 2.68. The number of carbonyl (C=O) groups is 2. The van der Waals surface area contributed by atoms with Crippen molar-refractivity contribution < 1.29 is 9.59 Å². The van der Waals surface area contributed by atoms with Gasteiger partial charge in [-0.15, -0.1) is 0 Å². The Kier molecular flexibility index (Phi) is 6.35. The van der Waals surface area contributed by atoms with Crippen LogP contribution in [-0.2, 0) is 9.59 Å². The number of benzene rings is 2. The third-order valence-electron chi connectivity index (χ3n) is 4.69. The minimum Gasteiger partial charge on any atom is -0.372 e. The van der Waals surface area contributed by atoms with Crippen molar-refractivity contribution in [2.24, 2.45) is 0 Å². The molecule has 2 amide bonds. The van der Waals surface area contributed by atoms with Crippen LogP contribution in [0.25, 0.3) is 0 Å². The Morgan fingerprint density at radius 3 is 2.22 bits per heavy atom. The topological polar surface area (TPSA) is 52.7 Å². The van der Waals surface area contributed by atoms with Crippen LogP contribution in [0.5, 0.6) is 0 Å². The number of nitrogens with zero attached hydrogens (tertiary/aromatic N) is 2. The van der Waals surface area contributed by atoms with Gasteiger partial charge in [0.2, 0.25) is 11.8 Å². The largest absolute Gasteiger partial charge is 0.372 e. The van der Waals surface area contributed by atoms with Crippen molar-refractivity contribution in [3.63, 3.8) is 0 Å². The zero-order valence-electron chi connectivity index (χ0n) is 15.5. The lowest BCUT2D eigenvalue weighted by Gasteiger charge is -2.28. The van der Waals surface area contributed by atoms with Crippen LogP contribution < -0.4 is 15.1 Å². The minimum atomic E-state index is -0.245. The fourth-order valence-corrected chi connectivity index (χ4v) is 3.38. The predicted octanol–water partition coefficient (Wildman–Crippen LogP) is 4.32. The van der Waals surface area contributed by atoms with Crippen LogP contribution in [-0.4, -0.2) is 31.4 Å². The van der Waals surface area contributed by atoms with Crippen molar-refractivity contribution in [2.75, 3.05) is 34.8 Å². The van der Waals surface area contributed by atoms with Gasteiger partial charge in [-0.3, -0.25) is 9.59 Å². The third-order valence-corrected chi connectivity index (χ3v) is 4.94. The predicted molar refractivity (Wildman–Crippen MR) is 111 cm³/mol. The molecule has 0 unspecified atom stereocenters. The summed E-state index contributed by atoms with van der Waals surface area (Å²) in [5, 5.41) is 3.44. The van der Waals surface area contributed by atoms with Crippen molar-refractivity contribution in [2.45, 2.75) is 26.2 Å². The highest BCUT2D eigenvalue weighted by molar-refractivity contribution is 6.30. The second-order valence-corrected chi connectivity index (χ2v) is 7.16. The molecule has 2 aromatic carbocycles. The van der Waals surface area contributed by atoms with Crippen LogP contribution in [0.15, 0.2) is 48.5 Å². The molecule has 0 radical (unpaired) electrons. The van der Waals surface area contributed by atoms with Crippen molar-refractivity contribution in [3.8, 4) is 0 Å². The number of piperidine rings is 1. The Labute approximate surface area is 164 Å². The zero-order valence-corrected chi connectivity index (χ0v) is 16.2. The summed E-state index contributed by atoms with van der Waals surface area (Å²) in [6, 6.07) is 14.7. The fourth-order valence-electron chi connectivity index (χ4n) is 3.26. The lowest BCUT2D eigenvalue weighted by molar-refractivity contribution is -0.120. The Morgan fingerprint density at radius 1 is 1.00 bits per heavy atom. The van der Waals surface area contributed by atoms with E-state index in [4.69, 9.17) is 11.6 Å². The first-order valence-electron chi connectivity index (χ1n) is 9.21. The number of hydrogen-bond acceptors (Lipinski definition) is 3. The van der Waals surface area contributed by atoms with Crippen LogP contribution >= 0.6 is 11.6 Å². The molecular weight excluding hydrogens is 362 g/mol. The molecule has 0 spiro atoms. The van der Waals surface area contributed by atoms with Gasteiger partial charge in [-0.1, -0.05) is 11.6 Å². The van der Waals surface area contributed by atoms with Crippen LogP contribution in [0.4, 0.5) is 17.1 Å². The van der Waals surface area contributed by atoms with E-state index in [2.05, 4.69) is 10.2 Å². The number of halogens is 1. The molecule has 0 atom stereocenters. The van der Waals surface area contributed by atoms with Gasteiger partial charge in [0.25, 0.3) is 0 Å². The van der Waals surface area contributed by atoms with Gasteiger partial charge >= 0.3 is 0 Å². The van der Waals surface area contributed by atoms with Gasteiger partial charge in [0.1, 0.15) is 6.54 Å². The van der Waals surface area contributed by atoms with Crippen LogP contribution in [0.3, 0.4) is 0 Å². The number of nitrogens with one attached hydrogen (secondary N) is 1. The lowest BCUT2D eigenvalue weighted by Crippen LogP contribution is -2.36. The maximum absolute atomic E-state index is 12.4. The number of carbonyl (C=O) groups excluding carboxylic acids is 2. The molecule has 1 N–H and O–H groups in total. The summed E-state index contributed by atoms with van der Waals surface area (Å²) in [6.45, 7) is 3.56. The van der Waals surface area contributed by atoms with E-state index in [1.807, 2.05) is 24.3 Å². The van der Waals surface area contributed by atoms with Gasteiger partial charge in [0.05, 0.1) is 0 Å². The SMILES string of the molecule is CC(=O)N(CC(=O)Nc1ccc(N2CCCCC2)cc1)c1ccc(Cl)cc1. The second kappa shape index (κ2) is 8.91. The van der Waals surface area contributed by atoms with Crippen LogP contribution in [0, 0.1) is 0 Å². The van der Waals surface area contributed by atoms with E-state index in [0.29, 0.717) is 10.7 Å². The summed E-state index contributed by atoms with van der Waals surface area (Å²) < 4.78 is 0. The maximum Gasteiger partial charge on any atom is 0.244 e. The van der Waals surface area contributed by atoms with E-state index >= 15 is 0 Å². The van der Waals surface area contributed by atoms with E-state index in [-0.39, 0.29) is 18.4 Å². The van der Waals surface area contributed by atoms with Gasteiger partial charge < -0.3 is 15.1 Å². The van der Waals surface area contributed by atoms with E-state index in [1.54, 1.807) is 24.3 Å². The summed E-state index contributed by atoms with van der Waals surface area (Å²) >= 11 is 5.89. The number of rotatable bonds is 5. The number of amides is 2. The van der Waals surface area contributed by atoms with E-state index in [0.717, 1.165) is 18.8 Å². The molecule has 0 aromatic heterocycles. The molecule has 0 aliphatic carbocycles. The molecule has 1 saturated heterocycles. The van der Waals surface area contributed by atoms with Crippen molar-refractivity contribution in [1.29, 1.82) is 0 Å². The quantitative estimate of drug-likeness (QED) is 0.833. The van der Waals surface area contributed by atoms with Gasteiger partial charge in [0.15, 0.2) is 0 Å². The first-order valence-corrected chi connectivity index (χ1v) is 9.59. The summed E-state index contributed by atoms with van der Waals surface area (Å²) in [7, 11) is 0. The third kappa shape index (κ3) is 5.23. The molecule has 2 aromatic rings. The standard InChI is InChI=1S/C21H24ClN3O2/c1-16(26)25(20-9-5-17(22)6-10-20)15-21(27)23-18-7-11-19(12-8-18)24-13-3-2-4-14-24/h5-12H,2-4,13-15H2,1H3,(H,23,27). The first-order chi connectivity index (χ1) is 13.0. The van der Waals surface area contributed by atoms with Gasteiger partial charge in [0, 0.05) is 42.1 Å². The Bertz CT molecular complexity index is 784. The highest BCUT2D eigenvalue weighted by atomic mass is 35.5. The zero-order chi connectivity index (χ0) is 19.2. The molecule has 0 bridgehead atoms. The van der Waals surface area contributed by atoms with Crippen molar-refractivity contribution in [3.05, 3.63) is 53.6 Å². The Balaban J connectivity index is 1.61. The van der Waals surface area contributed by atoms with Gasteiger partial charge in [-0.05, 0) is 67.8 Å². The average molecular weight is 386 g/mol. The maximum atomic E-state index is 12.4. The van der Waals surface area contributed by atoms with Crippen LogP contribution in [0.2, 0.25) is 5.02 Å². The first kappa shape index (κ1) is 19.2. The molecule has 1 heterocycles. The van der Waals surface area contributed by atoms with E-state index < -0.39 is 0 Å². The highest BCUT2D eigenvalue weighted by Crippen LogP contribution is 2.22. The Morgan fingerprint density at radius 2 is 1.63 bits per heavy atom.